The predicted molar refractivity (Wildman–Crippen MR) is 115 cm³/mol. The maximum atomic E-state index is 13.2. The summed E-state index contributed by atoms with van der Waals surface area (Å²) in [6, 6.07) is 0.101. The Kier molecular flexibility index (Phi) is 6.47. The van der Waals surface area contributed by atoms with Gasteiger partial charge in [0.2, 0.25) is 0 Å². The molecule has 0 amide bonds. The van der Waals surface area contributed by atoms with Gasteiger partial charge in [-0.25, -0.2) is 9.59 Å². The van der Waals surface area contributed by atoms with E-state index in [1.54, 1.807) is 41.5 Å². The number of nitrogens with zero attached hydrogens (tertiary/aromatic N) is 2. The highest BCUT2D eigenvalue weighted by atomic mass is 32.2. The number of carbonyl (C=O) groups is 2. The number of ether oxygens (including phenoxy) is 2. The first-order valence-corrected chi connectivity index (χ1v) is 10.5. The highest BCUT2D eigenvalue weighted by Gasteiger charge is 2.42. The second-order valence-corrected chi connectivity index (χ2v) is 11.1. The van der Waals surface area contributed by atoms with E-state index in [0.717, 1.165) is 11.8 Å². The molecule has 1 aromatic rings. The van der Waals surface area contributed by atoms with Crippen LogP contribution in [-0.2, 0) is 19.1 Å². The first kappa shape index (κ1) is 24.0. The maximum absolute atomic E-state index is 13.2. The van der Waals surface area contributed by atoms with E-state index in [1.807, 2.05) is 20.8 Å². The zero-order chi connectivity index (χ0) is 23.1. The first-order chi connectivity index (χ1) is 13.5. The van der Waals surface area contributed by atoms with Crippen molar-refractivity contribution in [3.63, 3.8) is 0 Å². The molecule has 0 aromatic carbocycles. The summed E-state index contributed by atoms with van der Waals surface area (Å²) in [5, 5.41) is 3.96. The van der Waals surface area contributed by atoms with E-state index in [1.165, 1.54) is 16.8 Å². The molecule has 2 rings (SSSR count). The van der Waals surface area contributed by atoms with Gasteiger partial charge in [-0.1, -0.05) is 0 Å². The summed E-state index contributed by atoms with van der Waals surface area (Å²) in [6.07, 6.45) is 1.45. The lowest BCUT2D eigenvalue weighted by Crippen LogP contribution is -2.42. The Morgan fingerprint density at radius 1 is 1.03 bits per heavy atom. The van der Waals surface area contributed by atoms with E-state index >= 15 is 0 Å². The number of fused-ring (bicyclic) bond motifs is 1. The Hall–Kier alpha value is -2.29. The van der Waals surface area contributed by atoms with Gasteiger partial charge >= 0.3 is 11.9 Å². The number of nitrogens with one attached hydrogen (secondary N) is 1. The largest absolute Gasteiger partial charge is 0.458 e. The van der Waals surface area contributed by atoms with Crippen LogP contribution in [0, 0.1) is 0 Å². The number of thioether (sulfide) groups is 1. The lowest BCUT2D eigenvalue weighted by atomic mass is 10.0. The topological polar surface area (TPSA) is 99.5 Å². The van der Waals surface area contributed by atoms with Crippen LogP contribution in [0.4, 0.5) is 0 Å². The SMILES string of the molecule is CC(C)(C)NC1=C(C(=O)OC(C)(C)C)C(C(=O)OC(C)(C)C)n2ccc(=O)nc2S1. The maximum Gasteiger partial charge on any atom is 0.339 e. The third-order valence-corrected chi connectivity index (χ3v) is 4.54. The molecule has 0 saturated heterocycles. The third-order valence-electron chi connectivity index (χ3n) is 3.53. The number of esters is 2. The van der Waals surface area contributed by atoms with Crippen molar-refractivity contribution in [3.8, 4) is 0 Å². The quantitative estimate of drug-likeness (QED) is 0.569. The van der Waals surface area contributed by atoms with Crippen LogP contribution < -0.4 is 10.9 Å². The van der Waals surface area contributed by atoms with Crippen LogP contribution >= 0.6 is 11.8 Å². The Morgan fingerprint density at radius 3 is 2.10 bits per heavy atom. The van der Waals surface area contributed by atoms with Gasteiger partial charge in [0.1, 0.15) is 16.8 Å². The third kappa shape index (κ3) is 6.35. The molecule has 9 heteroatoms. The number of hydrogen-bond acceptors (Lipinski definition) is 8. The molecule has 0 radical (unpaired) electrons. The molecule has 1 unspecified atom stereocenters. The molecule has 166 valence electrons. The second-order valence-electron chi connectivity index (χ2n) is 10.1. The molecule has 1 aromatic heterocycles. The molecule has 0 saturated carbocycles. The zero-order valence-electron chi connectivity index (χ0n) is 19.1. The van der Waals surface area contributed by atoms with Crippen LogP contribution in [0.25, 0.3) is 0 Å². The highest BCUT2D eigenvalue weighted by molar-refractivity contribution is 8.03. The summed E-state index contributed by atoms with van der Waals surface area (Å²) >= 11 is 1.11. The molecule has 0 fully saturated rings. The fourth-order valence-corrected chi connectivity index (χ4v) is 3.89. The minimum Gasteiger partial charge on any atom is -0.458 e. The van der Waals surface area contributed by atoms with Gasteiger partial charge in [-0.15, -0.1) is 0 Å². The van der Waals surface area contributed by atoms with Crippen molar-refractivity contribution in [3.05, 3.63) is 33.2 Å². The number of rotatable bonds is 3. The van der Waals surface area contributed by atoms with Crippen LogP contribution in [0.5, 0.6) is 0 Å². The van der Waals surface area contributed by atoms with Crippen molar-refractivity contribution in [2.45, 2.75) is 90.3 Å². The molecule has 0 aliphatic carbocycles. The number of hydrogen-bond donors (Lipinski definition) is 1. The molecule has 1 aliphatic rings. The number of aromatic nitrogens is 2. The zero-order valence-corrected chi connectivity index (χ0v) is 19.9. The van der Waals surface area contributed by atoms with E-state index < -0.39 is 40.3 Å². The summed E-state index contributed by atoms with van der Waals surface area (Å²) in [4.78, 5) is 42.3. The summed E-state index contributed by atoms with van der Waals surface area (Å²) in [5.74, 6) is -1.27. The van der Waals surface area contributed by atoms with Crippen molar-refractivity contribution < 1.29 is 19.1 Å². The molecular formula is C21H31N3O5S. The molecule has 0 spiro atoms. The van der Waals surface area contributed by atoms with Gasteiger partial charge < -0.3 is 19.4 Å². The highest BCUT2D eigenvalue weighted by Crippen LogP contribution is 2.40. The molecule has 0 bridgehead atoms. The van der Waals surface area contributed by atoms with E-state index in [-0.39, 0.29) is 10.7 Å². The summed E-state index contributed by atoms with van der Waals surface area (Å²) < 4.78 is 12.7. The average molecular weight is 438 g/mol. The van der Waals surface area contributed by atoms with Crippen molar-refractivity contribution in [2.24, 2.45) is 0 Å². The molecule has 8 nitrogen and oxygen atoms in total. The molecular weight excluding hydrogens is 406 g/mol. The van der Waals surface area contributed by atoms with Gasteiger partial charge in [-0.05, 0) is 74.1 Å². The summed E-state index contributed by atoms with van der Waals surface area (Å²) in [5.41, 5.74) is -2.28. The average Bonchev–Trinajstić information content (AvgIpc) is 2.48. The predicted octanol–water partition coefficient (Wildman–Crippen LogP) is 3.17. The molecule has 1 atom stereocenters. The van der Waals surface area contributed by atoms with Crippen molar-refractivity contribution >= 4 is 23.7 Å². The molecule has 1 N–H and O–H groups in total. The summed E-state index contributed by atoms with van der Waals surface area (Å²) in [6.45, 7) is 16.3. The minimum absolute atomic E-state index is 0.122. The van der Waals surface area contributed by atoms with Gasteiger partial charge in [-0.2, -0.15) is 4.98 Å². The van der Waals surface area contributed by atoms with Crippen LogP contribution in [0.1, 0.15) is 68.4 Å². The van der Waals surface area contributed by atoms with Crippen molar-refractivity contribution in [2.75, 3.05) is 0 Å². The fraction of sp³-hybridized carbons (Fsp3) is 0.619. The minimum atomic E-state index is -1.15. The Bertz CT molecular complexity index is 930. The fourth-order valence-electron chi connectivity index (χ4n) is 2.64. The van der Waals surface area contributed by atoms with E-state index in [2.05, 4.69) is 10.3 Å². The smallest absolute Gasteiger partial charge is 0.339 e. The Labute approximate surface area is 181 Å². The van der Waals surface area contributed by atoms with E-state index in [4.69, 9.17) is 9.47 Å². The standard InChI is InChI=1S/C21H31N3O5S/c1-19(2,3)23-15-13(16(26)28-20(4,5)6)14(17(27)29-21(7,8)9)24-11-10-12(25)22-18(24)30-15/h10-11,14,23H,1-9H3. The van der Waals surface area contributed by atoms with Crippen LogP contribution in [-0.4, -0.2) is 38.2 Å². The Balaban J connectivity index is 2.72. The van der Waals surface area contributed by atoms with Crippen molar-refractivity contribution in [1.82, 2.24) is 14.9 Å². The lowest BCUT2D eigenvalue weighted by Gasteiger charge is -2.35. The lowest BCUT2D eigenvalue weighted by molar-refractivity contribution is -0.162. The van der Waals surface area contributed by atoms with Gasteiger partial charge in [0.15, 0.2) is 11.2 Å². The van der Waals surface area contributed by atoms with Gasteiger partial charge in [0.25, 0.3) is 5.56 Å². The molecule has 2 heterocycles. The second kappa shape index (κ2) is 8.09. The molecule has 30 heavy (non-hydrogen) atoms. The van der Waals surface area contributed by atoms with Crippen molar-refractivity contribution in [1.29, 1.82) is 0 Å². The van der Waals surface area contributed by atoms with E-state index in [0.29, 0.717) is 5.03 Å². The van der Waals surface area contributed by atoms with E-state index in [9.17, 15) is 14.4 Å². The van der Waals surface area contributed by atoms with Gasteiger partial charge in [0.05, 0.1) is 5.03 Å². The monoisotopic (exact) mass is 437 g/mol. The number of carbonyl (C=O) groups excluding carboxylic acids is 2. The first-order valence-electron chi connectivity index (χ1n) is 9.72. The molecule has 1 aliphatic heterocycles. The summed E-state index contributed by atoms with van der Waals surface area (Å²) in [7, 11) is 0. The van der Waals surface area contributed by atoms with Gasteiger partial charge in [0, 0.05) is 17.8 Å². The van der Waals surface area contributed by atoms with Gasteiger partial charge in [-0.3, -0.25) is 4.79 Å². The normalized spacial score (nSPS) is 17.3. The Morgan fingerprint density at radius 2 is 1.60 bits per heavy atom. The van der Waals surface area contributed by atoms with Crippen LogP contribution in [0.3, 0.4) is 0 Å². The van der Waals surface area contributed by atoms with Crippen LogP contribution in [0.15, 0.2) is 32.8 Å². The van der Waals surface area contributed by atoms with Crippen LogP contribution in [0.2, 0.25) is 0 Å².